The zero-order valence-electron chi connectivity index (χ0n) is 15.9. The smallest absolute Gasteiger partial charge is 0.338 e. The SMILES string of the molecule is CCOC(=O)c1ccc(NC(=O)CN2CC(C)(C)Nc3ccccc32)cc1. The Bertz CT molecular complexity index is 831. The highest BCUT2D eigenvalue weighted by Gasteiger charge is 2.30. The topological polar surface area (TPSA) is 70.7 Å². The van der Waals surface area contributed by atoms with Crippen LogP contribution in [0.1, 0.15) is 31.1 Å². The summed E-state index contributed by atoms with van der Waals surface area (Å²) in [7, 11) is 0. The van der Waals surface area contributed by atoms with Gasteiger partial charge in [-0.25, -0.2) is 4.79 Å². The molecular weight excluding hydrogens is 342 g/mol. The van der Waals surface area contributed by atoms with Crippen LogP contribution >= 0.6 is 0 Å². The normalized spacial score (nSPS) is 14.7. The number of carbonyl (C=O) groups excluding carboxylic acids is 2. The first kappa shape index (κ1) is 18.8. The Morgan fingerprint density at radius 2 is 1.85 bits per heavy atom. The first-order valence-corrected chi connectivity index (χ1v) is 9.07. The molecule has 1 amide bonds. The number of esters is 1. The summed E-state index contributed by atoms with van der Waals surface area (Å²) in [4.78, 5) is 26.3. The van der Waals surface area contributed by atoms with Crippen LogP contribution in [0.15, 0.2) is 48.5 Å². The molecule has 0 aromatic heterocycles. The van der Waals surface area contributed by atoms with E-state index in [0.717, 1.165) is 17.9 Å². The van der Waals surface area contributed by atoms with Crippen molar-refractivity contribution < 1.29 is 14.3 Å². The van der Waals surface area contributed by atoms with Crippen molar-refractivity contribution >= 4 is 28.9 Å². The molecule has 0 atom stereocenters. The van der Waals surface area contributed by atoms with Crippen molar-refractivity contribution in [2.24, 2.45) is 0 Å². The van der Waals surface area contributed by atoms with Gasteiger partial charge in [-0.05, 0) is 57.2 Å². The van der Waals surface area contributed by atoms with Crippen LogP contribution in [-0.4, -0.2) is 37.1 Å². The molecular formula is C21H25N3O3. The maximum absolute atomic E-state index is 12.6. The second-order valence-electron chi connectivity index (χ2n) is 7.23. The first-order valence-electron chi connectivity index (χ1n) is 9.07. The summed E-state index contributed by atoms with van der Waals surface area (Å²) in [5.41, 5.74) is 3.03. The third kappa shape index (κ3) is 4.58. The summed E-state index contributed by atoms with van der Waals surface area (Å²) in [5.74, 6) is -0.471. The van der Waals surface area contributed by atoms with Crippen LogP contribution in [0.3, 0.4) is 0 Å². The van der Waals surface area contributed by atoms with Gasteiger partial charge in [-0.1, -0.05) is 12.1 Å². The Morgan fingerprint density at radius 1 is 1.15 bits per heavy atom. The lowest BCUT2D eigenvalue weighted by molar-refractivity contribution is -0.115. The molecule has 0 unspecified atom stereocenters. The monoisotopic (exact) mass is 367 g/mol. The molecule has 0 saturated heterocycles. The number of fused-ring (bicyclic) bond motifs is 1. The van der Waals surface area contributed by atoms with Crippen molar-refractivity contribution in [1.82, 2.24) is 0 Å². The number of amides is 1. The summed E-state index contributed by atoms with van der Waals surface area (Å²) >= 11 is 0. The van der Waals surface area contributed by atoms with E-state index < -0.39 is 0 Å². The summed E-state index contributed by atoms with van der Waals surface area (Å²) in [5, 5.41) is 6.39. The highest BCUT2D eigenvalue weighted by molar-refractivity contribution is 5.96. The molecule has 2 aromatic carbocycles. The van der Waals surface area contributed by atoms with Gasteiger partial charge in [-0.3, -0.25) is 4.79 Å². The molecule has 6 heteroatoms. The molecule has 6 nitrogen and oxygen atoms in total. The highest BCUT2D eigenvalue weighted by atomic mass is 16.5. The minimum Gasteiger partial charge on any atom is -0.462 e. The second-order valence-corrected chi connectivity index (χ2v) is 7.23. The zero-order chi connectivity index (χ0) is 19.4. The first-order chi connectivity index (χ1) is 12.9. The van der Waals surface area contributed by atoms with Crippen LogP contribution in [0, 0.1) is 0 Å². The van der Waals surface area contributed by atoms with E-state index in [1.54, 1.807) is 31.2 Å². The van der Waals surface area contributed by atoms with Crippen molar-refractivity contribution in [2.75, 3.05) is 35.2 Å². The molecule has 1 aliphatic heterocycles. The largest absolute Gasteiger partial charge is 0.462 e. The summed E-state index contributed by atoms with van der Waals surface area (Å²) in [6, 6.07) is 14.7. The lowest BCUT2D eigenvalue weighted by atomic mass is 9.99. The van der Waals surface area contributed by atoms with E-state index in [1.165, 1.54) is 0 Å². The van der Waals surface area contributed by atoms with Crippen molar-refractivity contribution in [3.63, 3.8) is 0 Å². The van der Waals surface area contributed by atoms with E-state index in [2.05, 4.69) is 29.4 Å². The average molecular weight is 367 g/mol. The van der Waals surface area contributed by atoms with Gasteiger partial charge < -0.3 is 20.3 Å². The summed E-state index contributed by atoms with van der Waals surface area (Å²) < 4.78 is 4.96. The van der Waals surface area contributed by atoms with Crippen LogP contribution in [0.5, 0.6) is 0 Å². The molecule has 0 saturated carbocycles. The number of ether oxygens (including phenoxy) is 1. The van der Waals surface area contributed by atoms with Crippen molar-refractivity contribution in [3.05, 3.63) is 54.1 Å². The third-order valence-electron chi connectivity index (χ3n) is 4.32. The van der Waals surface area contributed by atoms with E-state index in [4.69, 9.17) is 4.74 Å². The standard InChI is InChI=1S/C21H25N3O3/c1-4-27-20(26)15-9-11-16(12-10-15)22-19(25)13-24-14-21(2,3)23-17-7-5-6-8-18(17)24/h5-12,23H,4,13-14H2,1-3H3,(H,22,25). The molecule has 0 aliphatic carbocycles. The summed E-state index contributed by atoms with van der Waals surface area (Å²) in [6.45, 7) is 7.30. The van der Waals surface area contributed by atoms with E-state index in [0.29, 0.717) is 17.9 Å². The fraction of sp³-hybridized carbons (Fsp3) is 0.333. The Balaban J connectivity index is 1.66. The molecule has 3 rings (SSSR count). The number of carbonyl (C=O) groups is 2. The molecule has 1 heterocycles. The molecule has 0 spiro atoms. The van der Waals surface area contributed by atoms with Gasteiger partial charge in [0.25, 0.3) is 0 Å². The van der Waals surface area contributed by atoms with Gasteiger partial charge in [0.1, 0.15) is 0 Å². The quantitative estimate of drug-likeness (QED) is 0.792. The Labute approximate surface area is 159 Å². The van der Waals surface area contributed by atoms with Crippen LogP contribution < -0.4 is 15.5 Å². The Hall–Kier alpha value is -3.02. The van der Waals surface area contributed by atoms with Gasteiger partial charge in [-0.2, -0.15) is 0 Å². The van der Waals surface area contributed by atoms with Gasteiger partial charge in [0.2, 0.25) is 5.91 Å². The van der Waals surface area contributed by atoms with Crippen LogP contribution in [0.4, 0.5) is 17.1 Å². The maximum atomic E-state index is 12.6. The van der Waals surface area contributed by atoms with Crippen molar-refractivity contribution in [1.29, 1.82) is 0 Å². The lowest BCUT2D eigenvalue weighted by Gasteiger charge is -2.41. The predicted octanol–water partition coefficient (Wildman–Crippen LogP) is 3.51. The second kappa shape index (κ2) is 7.70. The molecule has 1 aliphatic rings. The molecule has 0 bridgehead atoms. The minimum absolute atomic E-state index is 0.105. The van der Waals surface area contributed by atoms with E-state index in [9.17, 15) is 9.59 Å². The van der Waals surface area contributed by atoms with Crippen molar-refractivity contribution in [2.45, 2.75) is 26.3 Å². The fourth-order valence-corrected chi connectivity index (χ4v) is 3.24. The van der Waals surface area contributed by atoms with E-state index in [1.807, 2.05) is 24.3 Å². The number of nitrogens with one attached hydrogen (secondary N) is 2. The number of para-hydroxylation sites is 2. The molecule has 0 fully saturated rings. The molecule has 2 N–H and O–H groups in total. The van der Waals surface area contributed by atoms with E-state index >= 15 is 0 Å². The third-order valence-corrected chi connectivity index (χ3v) is 4.32. The molecule has 0 radical (unpaired) electrons. The van der Waals surface area contributed by atoms with Crippen LogP contribution in [0.2, 0.25) is 0 Å². The average Bonchev–Trinajstić information content (AvgIpc) is 2.61. The van der Waals surface area contributed by atoms with Crippen LogP contribution in [-0.2, 0) is 9.53 Å². The minimum atomic E-state index is -0.366. The predicted molar refractivity (Wildman–Crippen MR) is 107 cm³/mol. The number of hydrogen-bond acceptors (Lipinski definition) is 5. The zero-order valence-corrected chi connectivity index (χ0v) is 15.9. The highest BCUT2D eigenvalue weighted by Crippen LogP contribution is 2.33. The maximum Gasteiger partial charge on any atom is 0.338 e. The Morgan fingerprint density at radius 3 is 2.56 bits per heavy atom. The van der Waals surface area contributed by atoms with Gasteiger partial charge in [0.15, 0.2) is 0 Å². The van der Waals surface area contributed by atoms with E-state index in [-0.39, 0.29) is 24.0 Å². The van der Waals surface area contributed by atoms with Crippen LogP contribution in [0.25, 0.3) is 0 Å². The number of anilines is 3. The fourth-order valence-electron chi connectivity index (χ4n) is 3.24. The number of rotatable bonds is 5. The van der Waals surface area contributed by atoms with Gasteiger partial charge in [0.05, 0.1) is 30.1 Å². The van der Waals surface area contributed by atoms with Gasteiger partial charge in [-0.15, -0.1) is 0 Å². The lowest BCUT2D eigenvalue weighted by Crippen LogP contribution is -2.50. The number of benzene rings is 2. The van der Waals surface area contributed by atoms with Gasteiger partial charge in [0, 0.05) is 17.8 Å². The van der Waals surface area contributed by atoms with Gasteiger partial charge >= 0.3 is 5.97 Å². The number of nitrogens with zero attached hydrogens (tertiary/aromatic N) is 1. The molecule has 27 heavy (non-hydrogen) atoms. The molecule has 2 aromatic rings. The summed E-state index contributed by atoms with van der Waals surface area (Å²) in [6.07, 6.45) is 0. The number of hydrogen-bond donors (Lipinski definition) is 2. The van der Waals surface area contributed by atoms with Crippen molar-refractivity contribution in [3.8, 4) is 0 Å². The molecule has 142 valence electrons. The Kier molecular flexibility index (Phi) is 5.35.